The maximum Gasteiger partial charge on any atom is 0.325 e. The number of hydrogen-bond acceptors (Lipinski definition) is 4. The normalized spacial score (nSPS) is 11.3. The Kier molecular flexibility index (Phi) is 4.07. The maximum absolute atomic E-state index is 11.9. The average molecular weight is 255 g/mol. The summed E-state index contributed by atoms with van der Waals surface area (Å²) in [6.07, 6.45) is -0.0981. The molecule has 1 aromatic heterocycles. The van der Waals surface area contributed by atoms with Crippen LogP contribution in [0, 0.1) is 0 Å². The molecule has 0 spiro atoms. The van der Waals surface area contributed by atoms with Gasteiger partial charge in [0.2, 0.25) is 5.91 Å². The van der Waals surface area contributed by atoms with E-state index in [1.807, 2.05) is 4.98 Å². The lowest BCUT2D eigenvalue weighted by atomic mass is 10.0. The fourth-order valence-electron chi connectivity index (χ4n) is 1.34. The molecule has 0 atom stereocenters. The van der Waals surface area contributed by atoms with Gasteiger partial charge in [-0.25, -0.2) is 4.79 Å². The topological polar surface area (TPSA) is 106 Å². The summed E-state index contributed by atoms with van der Waals surface area (Å²) < 4.78 is 0. The van der Waals surface area contributed by atoms with Gasteiger partial charge in [-0.2, -0.15) is 0 Å². The minimum atomic E-state index is -0.696. The number of H-pyrrole nitrogens is 2. The van der Waals surface area contributed by atoms with E-state index < -0.39 is 16.8 Å². The molecule has 1 aromatic rings. The van der Waals surface area contributed by atoms with Gasteiger partial charge in [-0.15, -0.1) is 0 Å². The van der Waals surface area contributed by atoms with Gasteiger partial charge in [-0.1, -0.05) is 0 Å². The molecule has 0 radical (unpaired) electrons. The Bertz CT molecular complexity index is 515. The van der Waals surface area contributed by atoms with Gasteiger partial charge >= 0.3 is 5.69 Å². The van der Waals surface area contributed by atoms with Gasteiger partial charge in [0.1, 0.15) is 0 Å². The zero-order chi connectivity index (χ0) is 13.9. The second-order valence-corrected chi connectivity index (χ2v) is 4.71. The fraction of sp³-hybridized carbons (Fsp3) is 0.545. The third-order valence-electron chi connectivity index (χ3n) is 2.83. The van der Waals surface area contributed by atoms with Crippen molar-refractivity contribution in [3.8, 4) is 0 Å². The Morgan fingerprint density at radius 1 is 1.39 bits per heavy atom. The van der Waals surface area contributed by atoms with E-state index in [1.54, 1.807) is 20.9 Å². The number of hydrogen-bond donors (Lipinski definition) is 3. The zero-order valence-corrected chi connectivity index (χ0v) is 10.6. The molecule has 0 aliphatic rings. The molecule has 0 saturated heterocycles. The molecule has 0 unspecified atom stereocenters. The van der Waals surface area contributed by atoms with Gasteiger partial charge in [0.25, 0.3) is 5.56 Å². The predicted molar refractivity (Wildman–Crippen MR) is 65.3 cm³/mol. The van der Waals surface area contributed by atoms with E-state index in [9.17, 15) is 14.4 Å². The summed E-state index contributed by atoms with van der Waals surface area (Å²) in [5.74, 6) is -0.296. The summed E-state index contributed by atoms with van der Waals surface area (Å²) in [7, 11) is 1.56. The van der Waals surface area contributed by atoms with Gasteiger partial charge in [-0.3, -0.25) is 14.6 Å². The Balaban J connectivity index is 2.88. The van der Waals surface area contributed by atoms with Crippen molar-refractivity contribution < 1.29 is 9.90 Å². The van der Waals surface area contributed by atoms with Crippen LogP contribution in [0.5, 0.6) is 0 Å². The zero-order valence-electron chi connectivity index (χ0n) is 10.6. The first kappa shape index (κ1) is 14.2. The molecular weight excluding hydrogens is 238 g/mol. The summed E-state index contributed by atoms with van der Waals surface area (Å²) in [6.45, 7) is 3.25. The predicted octanol–water partition coefficient (Wildman–Crippen LogP) is -1.16. The van der Waals surface area contributed by atoms with Crippen molar-refractivity contribution in [2.45, 2.75) is 25.8 Å². The SMILES string of the molecule is CN(C(=O)Cc1cc(=O)[nH]c(=O)[nH]1)C(C)(C)CO. The highest BCUT2D eigenvalue weighted by atomic mass is 16.3. The highest BCUT2D eigenvalue weighted by Gasteiger charge is 2.26. The second-order valence-electron chi connectivity index (χ2n) is 4.71. The summed E-state index contributed by atoms with van der Waals surface area (Å²) >= 11 is 0. The number of aromatic amines is 2. The molecule has 0 fully saturated rings. The molecule has 3 N–H and O–H groups in total. The van der Waals surface area contributed by atoms with Crippen molar-refractivity contribution >= 4 is 5.91 Å². The summed E-state index contributed by atoms with van der Waals surface area (Å²) in [6, 6.07) is 1.17. The lowest BCUT2D eigenvalue weighted by Crippen LogP contribution is -2.48. The third kappa shape index (κ3) is 3.30. The van der Waals surface area contributed by atoms with E-state index in [4.69, 9.17) is 5.11 Å². The largest absolute Gasteiger partial charge is 0.394 e. The maximum atomic E-state index is 11.9. The number of carbonyl (C=O) groups excluding carboxylic acids is 1. The van der Waals surface area contributed by atoms with E-state index >= 15 is 0 Å². The molecule has 0 bridgehead atoms. The summed E-state index contributed by atoms with van der Waals surface area (Å²) in [4.78, 5) is 39.8. The highest BCUT2D eigenvalue weighted by Crippen LogP contribution is 2.12. The molecule has 7 nitrogen and oxygen atoms in total. The van der Waals surface area contributed by atoms with Crippen LogP contribution in [0.4, 0.5) is 0 Å². The van der Waals surface area contributed by atoms with Gasteiger partial charge in [0, 0.05) is 18.8 Å². The number of amides is 1. The highest BCUT2D eigenvalue weighted by molar-refractivity contribution is 5.78. The van der Waals surface area contributed by atoms with E-state index in [1.165, 1.54) is 11.0 Å². The number of nitrogens with one attached hydrogen (secondary N) is 2. The number of aliphatic hydroxyl groups excluding tert-OH is 1. The number of carbonyl (C=O) groups is 1. The van der Waals surface area contributed by atoms with E-state index in [2.05, 4.69) is 4.98 Å². The molecule has 18 heavy (non-hydrogen) atoms. The molecule has 100 valence electrons. The van der Waals surface area contributed by atoms with Crippen LogP contribution < -0.4 is 11.2 Å². The van der Waals surface area contributed by atoms with Crippen LogP contribution in [0.2, 0.25) is 0 Å². The molecule has 1 amide bonds. The van der Waals surface area contributed by atoms with Crippen molar-refractivity contribution in [1.29, 1.82) is 0 Å². The number of rotatable bonds is 4. The monoisotopic (exact) mass is 255 g/mol. The number of likely N-dealkylation sites (N-methyl/N-ethyl adjacent to an activating group) is 1. The Morgan fingerprint density at radius 2 is 2.00 bits per heavy atom. The molecule has 0 saturated carbocycles. The smallest absolute Gasteiger partial charge is 0.325 e. The molecular formula is C11H17N3O4. The van der Waals surface area contributed by atoms with E-state index in [0.29, 0.717) is 0 Å². The van der Waals surface area contributed by atoms with Gasteiger partial charge < -0.3 is 15.0 Å². The van der Waals surface area contributed by atoms with E-state index in [0.717, 1.165) is 0 Å². The van der Waals surface area contributed by atoms with Crippen molar-refractivity contribution in [2.75, 3.05) is 13.7 Å². The first-order chi connectivity index (χ1) is 8.26. The number of aliphatic hydroxyl groups is 1. The van der Waals surface area contributed by atoms with Gasteiger partial charge in [-0.05, 0) is 13.8 Å². The van der Waals surface area contributed by atoms with Crippen molar-refractivity contribution in [2.24, 2.45) is 0 Å². The van der Waals surface area contributed by atoms with Crippen LogP contribution in [-0.4, -0.2) is 45.1 Å². The Labute approximate surface area is 103 Å². The van der Waals surface area contributed by atoms with Crippen LogP contribution >= 0.6 is 0 Å². The Hall–Kier alpha value is -1.89. The standard InChI is InChI=1S/C11H17N3O4/c1-11(2,6-15)14(3)9(17)5-7-4-8(16)13-10(18)12-7/h4,15H,5-6H2,1-3H3,(H2,12,13,16,18). The third-order valence-corrected chi connectivity index (χ3v) is 2.83. The van der Waals surface area contributed by atoms with Gasteiger partial charge in [0.15, 0.2) is 0 Å². The fourth-order valence-corrected chi connectivity index (χ4v) is 1.34. The molecule has 0 aliphatic heterocycles. The van der Waals surface area contributed by atoms with Crippen molar-refractivity contribution in [3.63, 3.8) is 0 Å². The lowest BCUT2D eigenvalue weighted by molar-refractivity contribution is -0.135. The van der Waals surface area contributed by atoms with Gasteiger partial charge in [0.05, 0.1) is 18.6 Å². The molecule has 1 heterocycles. The minimum absolute atomic E-state index is 0.0981. The van der Waals surface area contributed by atoms with Crippen LogP contribution in [-0.2, 0) is 11.2 Å². The number of aromatic nitrogens is 2. The molecule has 1 rings (SSSR count). The first-order valence-electron chi connectivity index (χ1n) is 5.46. The molecule has 7 heteroatoms. The van der Waals surface area contributed by atoms with E-state index in [-0.39, 0.29) is 24.6 Å². The second kappa shape index (κ2) is 5.18. The molecule has 0 aromatic carbocycles. The van der Waals surface area contributed by atoms with Crippen LogP contribution in [0.15, 0.2) is 15.7 Å². The van der Waals surface area contributed by atoms with Crippen LogP contribution in [0.3, 0.4) is 0 Å². The first-order valence-corrected chi connectivity index (χ1v) is 5.46. The van der Waals surface area contributed by atoms with Crippen molar-refractivity contribution in [1.82, 2.24) is 14.9 Å². The van der Waals surface area contributed by atoms with Crippen molar-refractivity contribution in [3.05, 3.63) is 32.6 Å². The van der Waals surface area contributed by atoms with Crippen LogP contribution in [0.1, 0.15) is 19.5 Å². The molecule has 0 aliphatic carbocycles. The minimum Gasteiger partial charge on any atom is -0.394 e. The summed E-state index contributed by atoms with van der Waals surface area (Å²) in [5, 5.41) is 9.16. The Morgan fingerprint density at radius 3 is 2.50 bits per heavy atom. The summed E-state index contributed by atoms with van der Waals surface area (Å²) in [5.41, 5.74) is -1.65. The average Bonchev–Trinajstić information content (AvgIpc) is 2.26. The van der Waals surface area contributed by atoms with Crippen LogP contribution in [0.25, 0.3) is 0 Å². The number of nitrogens with zero attached hydrogens (tertiary/aromatic N) is 1. The quantitative estimate of drug-likeness (QED) is 0.630. The lowest BCUT2D eigenvalue weighted by Gasteiger charge is -2.33.